The largest absolute Gasteiger partial charge is 0.387 e. The molecule has 2 atom stereocenters. The van der Waals surface area contributed by atoms with Crippen molar-refractivity contribution < 1.29 is 9.50 Å². The number of aliphatic hydroxyl groups is 1. The SMILES string of the molecule is CCC(C#N)C(O)c1cc(Cl)ccc1F. The number of benzene rings is 1. The van der Waals surface area contributed by atoms with Gasteiger partial charge in [-0.25, -0.2) is 4.39 Å². The molecule has 0 aliphatic carbocycles. The summed E-state index contributed by atoms with van der Waals surface area (Å²) in [5.41, 5.74) is 0.0795. The number of hydrogen-bond donors (Lipinski definition) is 1. The Morgan fingerprint density at radius 1 is 1.60 bits per heavy atom. The molecule has 1 N–H and O–H groups in total. The van der Waals surface area contributed by atoms with Crippen LogP contribution >= 0.6 is 11.6 Å². The number of rotatable bonds is 3. The van der Waals surface area contributed by atoms with Crippen molar-refractivity contribution in [1.29, 1.82) is 5.26 Å². The molecule has 0 saturated heterocycles. The fraction of sp³-hybridized carbons (Fsp3) is 0.364. The van der Waals surface area contributed by atoms with E-state index in [-0.39, 0.29) is 5.56 Å². The van der Waals surface area contributed by atoms with Gasteiger partial charge >= 0.3 is 0 Å². The summed E-state index contributed by atoms with van der Waals surface area (Å²) >= 11 is 5.69. The normalized spacial score (nSPS) is 14.3. The zero-order valence-corrected chi connectivity index (χ0v) is 9.00. The highest BCUT2D eigenvalue weighted by Crippen LogP contribution is 2.28. The van der Waals surface area contributed by atoms with E-state index >= 15 is 0 Å². The first-order valence-electron chi connectivity index (χ1n) is 4.62. The summed E-state index contributed by atoms with van der Waals surface area (Å²) in [6.45, 7) is 1.76. The van der Waals surface area contributed by atoms with Crippen molar-refractivity contribution in [1.82, 2.24) is 0 Å². The van der Waals surface area contributed by atoms with Crippen molar-refractivity contribution in [3.8, 4) is 6.07 Å². The fourth-order valence-corrected chi connectivity index (χ4v) is 1.52. The van der Waals surface area contributed by atoms with Crippen LogP contribution in [-0.2, 0) is 0 Å². The van der Waals surface area contributed by atoms with Crippen LogP contribution in [0.4, 0.5) is 4.39 Å². The molecule has 1 rings (SSSR count). The second-order valence-electron chi connectivity index (χ2n) is 3.25. The molecule has 2 nitrogen and oxygen atoms in total. The van der Waals surface area contributed by atoms with Gasteiger partial charge in [0.05, 0.1) is 18.1 Å². The Hall–Kier alpha value is -1.11. The highest BCUT2D eigenvalue weighted by molar-refractivity contribution is 6.30. The zero-order chi connectivity index (χ0) is 11.4. The van der Waals surface area contributed by atoms with E-state index in [0.717, 1.165) is 0 Å². The molecule has 0 amide bonds. The van der Waals surface area contributed by atoms with Crippen molar-refractivity contribution >= 4 is 11.6 Å². The lowest BCUT2D eigenvalue weighted by molar-refractivity contribution is 0.128. The Kier molecular flexibility index (Phi) is 4.07. The molecule has 0 aliphatic rings. The van der Waals surface area contributed by atoms with Gasteiger partial charge in [0.1, 0.15) is 5.82 Å². The van der Waals surface area contributed by atoms with Crippen LogP contribution in [-0.4, -0.2) is 5.11 Å². The van der Waals surface area contributed by atoms with Crippen LogP contribution in [0.25, 0.3) is 0 Å². The van der Waals surface area contributed by atoms with Gasteiger partial charge in [0.2, 0.25) is 0 Å². The first kappa shape index (κ1) is 12.0. The lowest BCUT2D eigenvalue weighted by atomic mass is 9.94. The molecule has 0 heterocycles. The molecule has 0 aromatic heterocycles. The molecule has 0 spiro atoms. The number of nitriles is 1. The second kappa shape index (κ2) is 5.11. The average molecular weight is 228 g/mol. The van der Waals surface area contributed by atoms with Crippen LogP contribution in [0.3, 0.4) is 0 Å². The van der Waals surface area contributed by atoms with E-state index < -0.39 is 17.8 Å². The molecular weight excluding hydrogens is 217 g/mol. The van der Waals surface area contributed by atoms with Gasteiger partial charge in [-0.3, -0.25) is 0 Å². The van der Waals surface area contributed by atoms with Crippen LogP contribution in [0.2, 0.25) is 5.02 Å². The molecule has 0 aliphatic heterocycles. The molecule has 4 heteroatoms. The van der Waals surface area contributed by atoms with Crippen molar-refractivity contribution in [3.63, 3.8) is 0 Å². The van der Waals surface area contributed by atoms with Crippen LogP contribution < -0.4 is 0 Å². The van der Waals surface area contributed by atoms with Gasteiger partial charge < -0.3 is 5.11 Å². The Balaban J connectivity index is 3.05. The summed E-state index contributed by atoms with van der Waals surface area (Å²) in [4.78, 5) is 0. The van der Waals surface area contributed by atoms with Crippen LogP contribution in [0.5, 0.6) is 0 Å². The van der Waals surface area contributed by atoms with Crippen molar-refractivity contribution in [2.45, 2.75) is 19.4 Å². The Bertz CT molecular complexity index is 389. The van der Waals surface area contributed by atoms with Gasteiger partial charge in [0, 0.05) is 10.6 Å². The smallest absolute Gasteiger partial charge is 0.129 e. The molecule has 80 valence electrons. The van der Waals surface area contributed by atoms with E-state index in [4.69, 9.17) is 16.9 Å². The third kappa shape index (κ3) is 2.68. The summed E-state index contributed by atoms with van der Waals surface area (Å²) < 4.78 is 13.3. The fourth-order valence-electron chi connectivity index (χ4n) is 1.34. The van der Waals surface area contributed by atoms with E-state index in [2.05, 4.69) is 0 Å². The average Bonchev–Trinajstić information content (AvgIpc) is 2.23. The van der Waals surface area contributed by atoms with Gasteiger partial charge in [-0.15, -0.1) is 0 Å². The van der Waals surface area contributed by atoms with E-state index in [1.165, 1.54) is 18.2 Å². The standard InChI is InChI=1S/C11H11ClFNO/c1-2-7(6-14)11(15)9-5-8(12)3-4-10(9)13/h3-5,7,11,15H,2H2,1H3. The van der Waals surface area contributed by atoms with E-state index in [1.807, 2.05) is 6.07 Å². The number of hydrogen-bond acceptors (Lipinski definition) is 2. The van der Waals surface area contributed by atoms with Crippen LogP contribution in [0.15, 0.2) is 18.2 Å². The number of aliphatic hydroxyl groups excluding tert-OH is 1. The van der Waals surface area contributed by atoms with Crippen molar-refractivity contribution in [2.24, 2.45) is 5.92 Å². The third-order valence-corrected chi connectivity index (χ3v) is 2.50. The molecule has 0 saturated carbocycles. The topological polar surface area (TPSA) is 44.0 Å². The Labute approximate surface area is 92.9 Å². The molecule has 0 radical (unpaired) electrons. The first-order valence-corrected chi connectivity index (χ1v) is 5.00. The van der Waals surface area contributed by atoms with Gasteiger partial charge in [0.15, 0.2) is 0 Å². The summed E-state index contributed by atoms with van der Waals surface area (Å²) in [6.07, 6.45) is -0.664. The van der Waals surface area contributed by atoms with Gasteiger partial charge in [-0.2, -0.15) is 5.26 Å². The maximum absolute atomic E-state index is 13.3. The monoisotopic (exact) mass is 227 g/mol. The summed E-state index contributed by atoms with van der Waals surface area (Å²) in [5.74, 6) is -1.15. The van der Waals surface area contributed by atoms with Crippen LogP contribution in [0.1, 0.15) is 25.0 Å². The second-order valence-corrected chi connectivity index (χ2v) is 3.69. The molecule has 15 heavy (non-hydrogen) atoms. The molecule has 1 aromatic rings. The number of nitrogens with zero attached hydrogens (tertiary/aromatic N) is 1. The summed E-state index contributed by atoms with van der Waals surface area (Å²) in [5, 5.41) is 18.9. The van der Waals surface area contributed by atoms with Crippen molar-refractivity contribution in [2.75, 3.05) is 0 Å². The molecule has 0 fully saturated rings. The highest BCUT2D eigenvalue weighted by Gasteiger charge is 2.21. The minimum atomic E-state index is -1.13. The summed E-state index contributed by atoms with van der Waals surface area (Å²) in [6, 6.07) is 5.87. The molecular formula is C11H11ClFNO. The lowest BCUT2D eigenvalue weighted by Gasteiger charge is -2.16. The van der Waals surface area contributed by atoms with E-state index in [1.54, 1.807) is 6.92 Å². The van der Waals surface area contributed by atoms with E-state index in [0.29, 0.717) is 11.4 Å². The summed E-state index contributed by atoms with van der Waals surface area (Å²) in [7, 11) is 0. The molecule has 1 aromatic carbocycles. The van der Waals surface area contributed by atoms with Gasteiger partial charge in [-0.05, 0) is 24.6 Å². The lowest BCUT2D eigenvalue weighted by Crippen LogP contribution is -2.11. The van der Waals surface area contributed by atoms with Gasteiger partial charge in [0.25, 0.3) is 0 Å². The first-order chi connectivity index (χ1) is 7.10. The number of halogens is 2. The minimum Gasteiger partial charge on any atom is -0.387 e. The Morgan fingerprint density at radius 2 is 2.27 bits per heavy atom. The maximum atomic E-state index is 13.3. The third-order valence-electron chi connectivity index (χ3n) is 2.26. The Morgan fingerprint density at radius 3 is 2.80 bits per heavy atom. The zero-order valence-electron chi connectivity index (χ0n) is 8.24. The van der Waals surface area contributed by atoms with Crippen molar-refractivity contribution in [3.05, 3.63) is 34.6 Å². The van der Waals surface area contributed by atoms with Crippen LogP contribution in [0, 0.1) is 23.1 Å². The minimum absolute atomic E-state index is 0.0795. The predicted octanol–water partition coefficient (Wildman–Crippen LogP) is 3.06. The van der Waals surface area contributed by atoms with Gasteiger partial charge in [-0.1, -0.05) is 18.5 Å². The molecule has 2 unspecified atom stereocenters. The molecule has 0 bridgehead atoms. The quantitative estimate of drug-likeness (QED) is 0.863. The predicted molar refractivity (Wildman–Crippen MR) is 55.8 cm³/mol. The maximum Gasteiger partial charge on any atom is 0.129 e. The highest BCUT2D eigenvalue weighted by atomic mass is 35.5. The van der Waals surface area contributed by atoms with E-state index in [9.17, 15) is 9.50 Å².